The minimum atomic E-state index is -4.41. The van der Waals surface area contributed by atoms with Crippen molar-refractivity contribution >= 4 is 5.82 Å². The number of piperidine rings is 1. The van der Waals surface area contributed by atoms with Gasteiger partial charge in [0, 0.05) is 38.4 Å². The lowest BCUT2D eigenvalue weighted by Crippen LogP contribution is -2.46. The van der Waals surface area contributed by atoms with Crippen molar-refractivity contribution < 1.29 is 17.9 Å². The molecule has 1 unspecified atom stereocenters. The molecule has 1 aliphatic heterocycles. The minimum absolute atomic E-state index is 0.251. The number of halogens is 3. The highest BCUT2D eigenvalue weighted by Crippen LogP contribution is 2.28. The molecule has 0 spiro atoms. The molecule has 0 radical (unpaired) electrons. The van der Waals surface area contributed by atoms with Crippen molar-refractivity contribution in [3.05, 3.63) is 42.0 Å². The molecule has 0 aromatic carbocycles. The van der Waals surface area contributed by atoms with E-state index in [1.54, 1.807) is 13.2 Å². The summed E-state index contributed by atoms with van der Waals surface area (Å²) in [5.74, 6) is 1.29. The predicted octanol–water partition coefficient (Wildman–Crippen LogP) is 3.00. The molecule has 0 aliphatic carbocycles. The summed E-state index contributed by atoms with van der Waals surface area (Å²) in [7, 11) is 3.54. The molecule has 2 aromatic heterocycles. The second-order valence-electron chi connectivity index (χ2n) is 6.61. The quantitative estimate of drug-likeness (QED) is 0.794. The molecule has 1 atom stereocenters. The fourth-order valence-electron chi connectivity index (χ4n) is 3.26. The molecule has 2 aromatic rings. The van der Waals surface area contributed by atoms with Crippen LogP contribution in [0.1, 0.15) is 24.1 Å². The van der Waals surface area contributed by atoms with Crippen LogP contribution in [0.25, 0.3) is 0 Å². The molecule has 9 heteroatoms. The summed E-state index contributed by atoms with van der Waals surface area (Å²) in [5, 5.41) is 0. The monoisotopic (exact) mass is 381 g/mol. The lowest BCUT2D eigenvalue weighted by molar-refractivity contribution is -0.141. The number of rotatable bonds is 5. The highest BCUT2D eigenvalue weighted by atomic mass is 19.4. The maximum Gasteiger partial charge on any atom is 0.433 e. The summed E-state index contributed by atoms with van der Waals surface area (Å²) >= 11 is 0. The largest absolute Gasteiger partial charge is 0.481 e. The van der Waals surface area contributed by atoms with E-state index in [4.69, 9.17) is 4.74 Å². The van der Waals surface area contributed by atoms with Gasteiger partial charge in [-0.05, 0) is 31.0 Å². The zero-order chi connectivity index (χ0) is 19.4. The van der Waals surface area contributed by atoms with Gasteiger partial charge in [0.25, 0.3) is 0 Å². The molecular formula is C18H22F3N5O. The number of likely N-dealkylation sites (N-methyl/N-ethyl adjacent to an activating group) is 1. The Balaban J connectivity index is 1.63. The first kappa shape index (κ1) is 19.3. The van der Waals surface area contributed by atoms with Gasteiger partial charge in [-0.15, -0.1) is 0 Å². The average molecular weight is 381 g/mol. The summed E-state index contributed by atoms with van der Waals surface area (Å²) in [6, 6.07) is 4.58. The van der Waals surface area contributed by atoms with Gasteiger partial charge in [0.05, 0.1) is 7.11 Å². The molecule has 0 N–H and O–H groups in total. The van der Waals surface area contributed by atoms with Crippen molar-refractivity contribution in [2.45, 2.75) is 31.6 Å². The maximum absolute atomic E-state index is 12.6. The van der Waals surface area contributed by atoms with E-state index in [0.717, 1.165) is 43.4 Å². The number of hydrogen-bond donors (Lipinski definition) is 0. The summed E-state index contributed by atoms with van der Waals surface area (Å²) in [6.07, 6.45) is 0.399. The summed E-state index contributed by atoms with van der Waals surface area (Å²) in [6.45, 7) is 2.27. The number of pyridine rings is 1. The lowest BCUT2D eigenvalue weighted by Gasteiger charge is -2.38. The van der Waals surface area contributed by atoms with Gasteiger partial charge in [-0.2, -0.15) is 13.2 Å². The van der Waals surface area contributed by atoms with Crippen LogP contribution in [0, 0.1) is 0 Å². The van der Waals surface area contributed by atoms with E-state index >= 15 is 0 Å². The van der Waals surface area contributed by atoms with Crippen molar-refractivity contribution in [3.63, 3.8) is 0 Å². The number of alkyl halides is 3. The van der Waals surface area contributed by atoms with Crippen LogP contribution in [0.3, 0.4) is 0 Å². The molecule has 146 valence electrons. The van der Waals surface area contributed by atoms with Gasteiger partial charge in [0.15, 0.2) is 0 Å². The normalized spacial score (nSPS) is 18.3. The zero-order valence-corrected chi connectivity index (χ0v) is 15.3. The molecule has 0 bridgehead atoms. The van der Waals surface area contributed by atoms with Gasteiger partial charge in [-0.3, -0.25) is 9.88 Å². The van der Waals surface area contributed by atoms with Crippen LogP contribution in [0.2, 0.25) is 0 Å². The fraction of sp³-hybridized carbons (Fsp3) is 0.500. The molecule has 1 aliphatic rings. The highest BCUT2D eigenvalue weighted by Gasteiger charge is 2.32. The van der Waals surface area contributed by atoms with Crippen molar-refractivity contribution in [3.8, 4) is 5.88 Å². The van der Waals surface area contributed by atoms with Crippen LogP contribution in [-0.4, -0.2) is 53.1 Å². The standard InChI is InChI=1S/C18H22F3N5O/c1-25(16-8-17(27-2)24-12-23-16)14-4-3-7-26(11-14)10-13-5-6-15(22-9-13)18(19,20)21/h5-6,8-9,12,14H,3-4,7,10-11H2,1-2H3. The number of aromatic nitrogens is 3. The Morgan fingerprint density at radius 2 is 2.07 bits per heavy atom. The molecule has 3 rings (SSSR count). The molecule has 6 nitrogen and oxygen atoms in total. The van der Waals surface area contributed by atoms with Gasteiger partial charge < -0.3 is 9.64 Å². The highest BCUT2D eigenvalue weighted by molar-refractivity contribution is 5.41. The van der Waals surface area contributed by atoms with E-state index < -0.39 is 11.9 Å². The number of ether oxygens (including phenoxy) is 1. The van der Waals surface area contributed by atoms with Crippen LogP contribution < -0.4 is 9.64 Å². The first-order chi connectivity index (χ1) is 12.9. The Kier molecular flexibility index (Phi) is 5.79. The number of methoxy groups -OCH3 is 1. The van der Waals surface area contributed by atoms with Gasteiger partial charge in [-0.1, -0.05) is 6.07 Å². The first-order valence-electron chi connectivity index (χ1n) is 8.70. The molecule has 1 fully saturated rings. The number of hydrogen-bond acceptors (Lipinski definition) is 6. The van der Waals surface area contributed by atoms with Gasteiger partial charge in [0.2, 0.25) is 5.88 Å². The van der Waals surface area contributed by atoms with E-state index in [9.17, 15) is 13.2 Å². The van der Waals surface area contributed by atoms with Crippen LogP contribution in [0.5, 0.6) is 5.88 Å². The van der Waals surface area contributed by atoms with Gasteiger partial charge in [-0.25, -0.2) is 9.97 Å². The maximum atomic E-state index is 12.6. The smallest absolute Gasteiger partial charge is 0.433 e. The van der Waals surface area contributed by atoms with Crippen molar-refractivity contribution in [1.29, 1.82) is 0 Å². The Bertz CT molecular complexity index is 753. The van der Waals surface area contributed by atoms with Crippen molar-refractivity contribution in [2.75, 3.05) is 32.1 Å². The molecule has 1 saturated heterocycles. The van der Waals surface area contributed by atoms with Crippen molar-refractivity contribution in [1.82, 2.24) is 19.9 Å². The third-order valence-electron chi connectivity index (χ3n) is 4.75. The number of anilines is 1. The summed E-state index contributed by atoms with van der Waals surface area (Å²) in [4.78, 5) is 16.2. The molecular weight excluding hydrogens is 359 g/mol. The topological polar surface area (TPSA) is 54.4 Å². The lowest BCUT2D eigenvalue weighted by atomic mass is 10.0. The van der Waals surface area contributed by atoms with E-state index in [1.165, 1.54) is 18.6 Å². The summed E-state index contributed by atoms with van der Waals surface area (Å²) < 4.78 is 43.1. The number of likely N-dealkylation sites (tertiary alicyclic amines) is 1. The van der Waals surface area contributed by atoms with E-state index in [-0.39, 0.29) is 6.04 Å². The van der Waals surface area contributed by atoms with Crippen LogP contribution in [-0.2, 0) is 12.7 Å². The Labute approximate surface area is 156 Å². The molecule has 0 saturated carbocycles. The predicted molar refractivity (Wildman–Crippen MR) is 94.5 cm³/mol. The molecule has 0 amide bonds. The third-order valence-corrected chi connectivity index (χ3v) is 4.75. The van der Waals surface area contributed by atoms with E-state index in [0.29, 0.717) is 12.4 Å². The fourth-order valence-corrected chi connectivity index (χ4v) is 3.26. The Morgan fingerprint density at radius 3 is 2.74 bits per heavy atom. The summed E-state index contributed by atoms with van der Waals surface area (Å²) in [5.41, 5.74) is -0.0878. The second kappa shape index (κ2) is 8.08. The van der Waals surface area contributed by atoms with E-state index in [1.807, 2.05) is 7.05 Å². The molecule has 27 heavy (non-hydrogen) atoms. The average Bonchev–Trinajstić information content (AvgIpc) is 2.67. The van der Waals surface area contributed by atoms with Crippen LogP contribution in [0.15, 0.2) is 30.7 Å². The van der Waals surface area contributed by atoms with Gasteiger partial charge >= 0.3 is 6.18 Å². The first-order valence-corrected chi connectivity index (χ1v) is 8.70. The van der Waals surface area contributed by atoms with Crippen LogP contribution >= 0.6 is 0 Å². The second-order valence-corrected chi connectivity index (χ2v) is 6.61. The van der Waals surface area contributed by atoms with Crippen molar-refractivity contribution in [2.24, 2.45) is 0 Å². The zero-order valence-electron chi connectivity index (χ0n) is 15.3. The molecule has 3 heterocycles. The van der Waals surface area contributed by atoms with Gasteiger partial charge in [0.1, 0.15) is 17.8 Å². The SMILES string of the molecule is COc1cc(N(C)C2CCCN(Cc3ccc(C(F)(F)F)nc3)C2)ncn1. The number of nitrogens with zero attached hydrogens (tertiary/aromatic N) is 5. The van der Waals surface area contributed by atoms with Crippen LogP contribution in [0.4, 0.5) is 19.0 Å². The minimum Gasteiger partial charge on any atom is -0.481 e. The van der Waals surface area contributed by atoms with E-state index in [2.05, 4.69) is 24.8 Å². The Hall–Kier alpha value is -2.42. The Morgan fingerprint density at radius 1 is 1.26 bits per heavy atom. The third kappa shape index (κ3) is 4.85.